The number of hydrogen-bond acceptors (Lipinski definition) is 6. The van der Waals surface area contributed by atoms with E-state index in [1.807, 2.05) is 24.3 Å². The van der Waals surface area contributed by atoms with E-state index in [9.17, 15) is 19.8 Å². The van der Waals surface area contributed by atoms with E-state index in [-0.39, 0.29) is 51.9 Å². The Kier molecular flexibility index (Phi) is 14.7. The number of carbonyl (C=O) groups excluding carboxylic acids is 2. The minimum Gasteiger partial charge on any atom is -0.507 e. The lowest BCUT2D eigenvalue weighted by molar-refractivity contribution is -0.144. The van der Waals surface area contributed by atoms with E-state index in [2.05, 4.69) is 145 Å². The van der Waals surface area contributed by atoms with Crippen molar-refractivity contribution < 1.29 is 29.3 Å². The van der Waals surface area contributed by atoms with Gasteiger partial charge in [0.25, 0.3) is 0 Å². The van der Waals surface area contributed by atoms with Crippen LogP contribution >= 0.6 is 0 Å². The zero-order chi connectivity index (χ0) is 44.1. The first-order valence-electron chi connectivity index (χ1n) is 21.4. The Morgan fingerprint density at radius 1 is 0.424 bits per heavy atom. The Morgan fingerprint density at radius 2 is 0.695 bits per heavy atom. The Labute approximate surface area is 355 Å². The lowest BCUT2D eigenvalue weighted by atomic mass is 9.77. The number of phenols is 2. The number of ether oxygens (including phenoxy) is 2. The summed E-state index contributed by atoms with van der Waals surface area (Å²) in [5, 5.41) is 22.1. The van der Waals surface area contributed by atoms with Crippen LogP contribution in [0.1, 0.15) is 165 Å². The molecule has 0 amide bonds. The van der Waals surface area contributed by atoms with Gasteiger partial charge in [0, 0.05) is 31.1 Å². The van der Waals surface area contributed by atoms with E-state index in [4.69, 9.17) is 9.47 Å². The summed E-state index contributed by atoms with van der Waals surface area (Å²) in [4.78, 5) is 25.5. The molecule has 0 aliphatic heterocycles. The summed E-state index contributed by atoms with van der Waals surface area (Å²) in [7, 11) is 0. The molecule has 4 rings (SSSR count). The van der Waals surface area contributed by atoms with Crippen LogP contribution < -0.4 is 0 Å². The highest BCUT2D eigenvalue weighted by Gasteiger charge is 2.28. The Hall–Kier alpha value is -4.58. The molecule has 0 atom stereocenters. The molecule has 0 saturated heterocycles. The Balaban J connectivity index is 1.24. The summed E-state index contributed by atoms with van der Waals surface area (Å²) >= 11 is 0. The van der Waals surface area contributed by atoms with Crippen molar-refractivity contribution in [2.24, 2.45) is 0 Å². The van der Waals surface area contributed by atoms with E-state index in [1.54, 1.807) is 0 Å². The summed E-state index contributed by atoms with van der Waals surface area (Å²) in [6, 6.07) is 25.2. The molecule has 0 spiro atoms. The molecular formula is C53H72O6. The second-order valence-electron chi connectivity index (χ2n) is 21.0. The quantitative estimate of drug-likeness (QED) is 0.123. The van der Waals surface area contributed by atoms with Crippen LogP contribution in [0.25, 0.3) is 0 Å². The molecule has 59 heavy (non-hydrogen) atoms. The smallest absolute Gasteiger partial charge is 0.306 e. The van der Waals surface area contributed by atoms with E-state index in [0.717, 1.165) is 44.5 Å². The highest BCUT2D eigenvalue weighted by atomic mass is 16.5. The maximum Gasteiger partial charge on any atom is 0.306 e. The molecule has 0 fully saturated rings. The number of phenolic OH excluding ortho intramolecular Hbond substituents is 2. The van der Waals surface area contributed by atoms with Crippen molar-refractivity contribution in [3.63, 3.8) is 0 Å². The third-order valence-corrected chi connectivity index (χ3v) is 11.5. The van der Waals surface area contributed by atoms with Gasteiger partial charge in [0.05, 0.1) is 13.2 Å². The second kappa shape index (κ2) is 18.4. The number of hydrogen-bond donors (Lipinski definition) is 2. The van der Waals surface area contributed by atoms with Crippen LogP contribution in [0.5, 0.6) is 11.5 Å². The molecule has 4 aromatic carbocycles. The van der Waals surface area contributed by atoms with E-state index in [1.165, 1.54) is 11.1 Å². The van der Waals surface area contributed by atoms with Gasteiger partial charge >= 0.3 is 11.9 Å². The van der Waals surface area contributed by atoms with Crippen molar-refractivity contribution in [1.82, 2.24) is 0 Å². The summed E-state index contributed by atoms with van der Waals surface area (Å²) in [6.45, 7) is 30.2. The van der Waals surface area contributed by atoms with Crippen LogP contribution in [0.4, 0.5) is 0 Å². The molecule has 320 valence electrons. The summed E-state index contributed by atoms with van der Waals surface area (Å²) in [5.74, 6) is 0.255. The maximum absolute atomic E-state index is 12.7. The van der Waals surface area contributed by atoms with Crippen LogP contribution in [0.2, 0.25) is 0 Å². The van der Waals surface area contributed by atoms with Crippen molar-refractivity contribution in [2.75, 3.05) is 13.2 Å². The molecule has 0 aromatic heterocycles. The fourth-order valence-electron chi connectivity index (χ4n) is 7.51. The molecule has 0 heterocycles. The highest BCUT2D eigenvalue weighted by Crippen LogP contribution is 2.41. The fraction of sp³-hybridized carbons (Fsp3) is 0.509. The van der Waals surface area contributed by atoms with E-state index < -0.39 is 0 Å². The minimum atomic E-state index is -0.224. The van der Waals surface area contributed by atoms with Gasteiger partial charge in [0.2, 0.25) is 0 Å². The minimum absolute atomic E-state index is 0.219. The molecule has 0 aliphatic rings. The van der Waals surface area contributed by atoms with Crippen LogP contribution in [0.3, 0.4) is 0 Å². The summed E-state index contributed by atoms with van der Waals surface area (Å²) in [5.41, 5.74) is 9.16. The zero-order valence-electron chi connectivity index (χ0n) is 38.6. The number of esters is 2. The van der Waals surface area contributed by atoms with Crippen molar-refractivity contribution in [3.05, 3.63) is 128 Å². The van der Waals surface area contributed by atoms with E-state index >= 15 is 0 Å². The maximum atomic E-state index is 12.7. The molecule has 2 N–H and O–H groups in total. The van der Waals surface area contributed by atoms with Crippen LogP contribution in [0.15, 0.2) is 72.8 Å². The van der Waals surface area contributed by atoms with Gasteiger partial charge in [-0.05, 0) is 90.1 Å². The van der Waals surface area contributed by atoms with Gasteiger partial charge in [0.15, 0.2) is 0 Å². The first kappa shape index (κ1) is 47.1. The molecule has 0 saturated carbocycles. The monoisotopic (exact) mass is 805 g/mol. The highest BCUT2D eigenvalue weighted by molar-refractivity contribution is 5.70. The van der Waals surface area contributed by atoms with Gasteiger partial charge in [0.1, 0.15) is 11.5 Å². The van der Waals surface area contributed by atoms with Crippen LogP contribution in [-0.4, -0.2) is 35.4 Å². The first-order valence-corrected chi connectivity index (χ1v) is 21.4. The second-order valence-corrected chi connectivity index (χ2v) is 21.0. The summed E-state index contributed by atoms with van der Waals surface area (Å²) < 4.78 is 11.3. The van der Waals surface area contributed by atoms with Gasteiger partial charge in [-0.3, -0.25) is 9.59 Å². The molecule has 0 radical (unpaired) electrons. The van der Waals surface area contributed by atoms with Gasteiger partial charge < -0.3 is 19.7 Å². The lowest BCUT2D eigenvalue weighted by Gasteiger charge is -2.28. The number of benzene rings is 4. The third kappa shape index (κ3) is 12.7. The lowest BCUT2D eigenvalue weighted by Crippen LogP contribution is -2.19. The standard InChI is InChI=1S/C53H72O6/c1-49(2,3)41-31-37(32-42(47(41)56)50(4,5)6)19-25-45(54)58-29-27-35-15-21-39(22-16-35)53(13,14)40-23-17-36(18-24-40)28-30-59-46(55)26-20-38-33-43(51(7,8)9)48(57)44(34-38)52(10,11)12/h15-18,21-24,31-34,56-57H,19-20,25-30H2,1-14H3. The van der Waals surface area contributed by atoms with Crippen molar-refractivity contribution in [2.45, 2.75) is 163 Å². The number of aromatic hydroxyl groups is 2. The van der Waals surface area contributed by atoms with Crippen molar-refractivity contribution >= 4 is 11.9 Å². The van der Waals surface area contributed by atoms with Gasteiger partial charge in [-0.15, -0.1) is 0 Å². The Bertz CT molecular complexity index is 1840. The zero-order valence-corrected chi connectivity index (χ0v) is 38.6. The average Bonchev–Trinajstić information content (AvgIpc) is 3.12. The molecule has 0 bridgehead atoms. The Morgan fingerprint density at radius 3 is 0.949 bits per heavy atom. The predicted molar refractivity (Wildman–Crippen MR) is 242 cm³/mol. The van der Waals surface area contributed by atoms with E-state index in [0.29, 0.717) is 50.4 Å². The third-order valence-electron chi connectivity index (χ3n) is 11.5. The fourth-order valence-corrected chi connectivity index (χ4v) is 7.51. The van der Waals surface area contributed by atoms with Gasteiger partial charge in [-0.1, -0.05) is 170 Å². The van der Waals surface area contributed by atoms with Crippen LogP contribution in [0, 0.1) is 0 Å². The topological polar surface area (TPSA) is 93.1 Å². The SMILES string of the molecule is CC(C)(C)c1cc(CCC(=O)OCCc2ccc(C(C)(C)c3ccc(CCOC(=O)CCc4cc(C(C)(C)C)c(O)c(C(C)(C)C)c4)cc3)cc2)cc(C(C)(C)C)c1O. The average molecular weight is 805 g/mol. The van der Waals surface area contributed by atoms with Gasteiger partial charge in [-0.25, -0.2) is 0 Å². The molecular weight excluding hydrogens is 733 g/mol. The largest absolute Gasteiger partial charge is 0.507 e. The van der Waals surface area contributed by atoms with Crippen molar-refractivity contribution in [3.8, 4) is 11.5 Å². The number of rotatable bonds is 14. The molecule has 4 aromatic rings. The molecule has 6 nitrogen and oxygen atoms in total. The first-order chi connectivity index (χ1) is 27.2. The molecule has 0 aliphatic carbocycles. The van der Waals surface area contributed by atoms with Crippen LogP contribution in [-0.2, 0) is 71.8 Å². The number of carbonyl (C=O) groups is 2. The van der Waals surface area contributed by atoms with Crippen molar-refractivity contribution in [1.29, 1.82) is 0 Å². The molecule has 0 unspecified atom stereocenters. The number of aryl methyl sites for hydroxylation is 2. The summed E-state index contributed by atoms with van der Waals surface area (Å²) in [6.07, 6.45) is 2.97. The normalized spacial score (nSPS) is 12.7. The predicted octanol–water partition coefficient (Wildman–Crippen LogP) is 12.1. The van der Waals surface area contributed by atoms with Gasteiger partial charge in [-0.2, -0.15) is 0 Å². The molecule has 6 heteroatoms.